The number of aliphatic carboxylic acids is 1. The van der Waals surface area contributed by atoms with Crippen LogP contribution in [-0.4, -0.2) is 49.7 Å². The summed E-state index contributed by atoms with van der Waals surface area (Å²) in [5.74, 6) is -3.48. The average Bonchev–Trinajstić information content (AvgIpc) is 2.69. The third-order valence-corrected chi connectivity index (χ3v) is 9.00. The minimum Gasteiger partial charge on any atom is -0.480 e. The van der Waals surface area contributed by atoms with Crippen molar-refractivity contribution in [3.8, 4) is 0 Å². The number of aliphatic hydroxyl groups is 1. The molecule has 184 valence electrons. The molecule has 0 aromatic carbocycles. The van der Waals surface area contributed by atoms with E-state index in [1.807, 2.05) is 6.08 Å². The lowest BCUT2D eigenvalue weighted by atomic mass is 9.68. The van der Waals surface area contributed by atoms with Crippen molar-refractivity contribution in [1.82, 2.24) is 0 Å². The first kappa shape index (κ1) is 27.4. The molecule has 12 heteroatoms. The molecule has 0 saturated heterocycles. The standard InChI is InChI=1S/C20H29Cl2F3N2O4S/c21-14-5-6-15(16(22)11-14)12-1-3-13(4-2-12)19(30,20(23,24)25)8-10-32(27,31)9-7-17(26)18(28)29/h5,11-13,15,17,27,30H,1-4,6-10,26H2,(H,28,29)/t12?,13?,15?,17-,19?,32?/m0/s1. The molecule has 0 aromatic heterocycles. The second-order valence-corrected chi connectivity index (χ2v) is 12.0. The Morgan fingerprint density at radius 1 is 1.25 bits per heavy atom. The predicted octanol–water partition coefficient (Wildman–Crippen LogP) is 4.59. The highest BCUT2D eigenvalue weighted by Gasteiger charge is 2.58. The molecule has 0 spiro atoms. The fourth-order valence-electron chi connectivity index (χ4n) is 4.51. The van der Waals surface area contributed by atoms with E-state index < -0.39 is 57.4 Å². The maximum Gasteiger partial charge on any atom is 0.417 e. The number of nitrogens with two attached hydrogens (primary N) is 1. The molecule has 2 rings (SSSR count). The third kappa shape index (κ3) is 6.85. The van der Waals surface area contributed by atoms with Crippen LogP contribution in [0.3, 0.4) is 0 Å². The summed E-state index contributed by atoms with van der Waals surface area (Å²) in [6.07, 6.45) is -0.861. The van der Waals surface area contributed by atoms with E-state index in [1.165, 1.54) is 0 Å². The highest BCUT2D eigenvalue weighted by molar-refractivity contribution is 7.92. The molecule has 2 aliphatic rings. The lowest BCUT2D eigenvalue weighted by molar-refractivity contribution is -0.284. The summed E-state index contributed by atoms with van der Waals surface area (Å²) >= 11 is 12.2. The fraction of sp³-hybridized carbons (Fsp3) is 0.750. The smallest absolute Gasteiger partial charge is 0.417 e. The van der Waals surface area contributed by atoms with Gasteiger partial charge in [0.2, 0.25) is 0 Å². The van der Waals surface area contributed by atoms with E-state index in [-0.39, 0.29) is 31.1 Å². The monoisotopic (exact) mass is 520 g/mol. The third-order valence-electron chi connectivity index (χ3n) is 6.59. The SMILES string of the molecule is N=S(=O)(CC[C@H](N)C(=O)O)CCC(O)(C1CCC(C2CC=C(Cl)C=C2Cl)CC1)C(F)(F)F. The molecule has 4 atom stereocenters. The van der Waals surface area contributed by atoms with E-state index in [0.29, 0.717) is 29.3 Å². The first-order chi connectivity index (χ1) is 14.7. The molecular weight excluding hydrogens is 492 g/mol. The average molecular weight is 521 g/mol. The summed E-state index contributed by atoms with van der Waals surface area (Å²) in [5.41, 5.74) is 2.26. The summed E-state index contributed by atoms with van der Waals surface area (Å²) < 4.78 is 61.9. The van der Waals surface area contributed by atoms with E-state index in [0.717, 1.165) is 0 Å². The minimum atomic E-state index is -4.95. The molecule has 0 aliphatic heterocycles. The zero-order valence-electron chi connectivity index (χ0n) is 17.4. The Labute approximate surface area is 196 Å². The van der Waals surface area contributed by atoms with Crippen molar-refractivity contribution in [1.29, 1.82) is 4.78 Å². The van der Waals surface area contributed by atoms with Gasteiger partial charge < -0.3 is 15.9 Å². The zero-order valence-corrected chi connectivity index (χ0v) is 19.7. The number of hydrogen-bond acceptors (Lipinski definition) is 5. The van der Waals surface area contributed by atoms with Crippen LogP contribution in [0.4, 0.5) is 13.2 Å². The number of hydrogen-bond donors (Lipinski definition) is 4. The van der Waals surface area contributed by atoms with Crippen molar-refractivity contribution in [3.05, 3.63) is 22.2 Å². The summed E-state index contributed by atoms with van der Waals surface area (Å²) in [6, 6.07) is -1.34. The molecule has 32 heavy (non-hydrogen) atoms. The molecule has 6 nitrogen and oxygen atoms in total. The van der Waals surface area contributed by atoms with Gasteiger partial charge in [-0.1, -0.05) is 29.3 Å². The summed E-state index contributed by atoms with van der Waals surface area (Å²) in [4.78, 5) is 10.8. The van der Waals surface area contributed by atoms with Crippen molar-refractivity contribution in [2.45, 2.75) is 62.8 Å². The summed E-state index contributed by atoms with van der Waals surface area (Å²) in [7, 11) is -3.53. The van der Waals surface area contributed by atoms with E-state index in [1.54, 1.807) is 6.08 Å². The van der Waals surface area contributed by atoms with Crippen LogP contribution in [0.2, 0.25) is 0 Å². The highest BCUT2D eigenvalue weighted by atomic mass is 35.5. The maximum atomic E-state index is 13.9. The van der Waals surface area contributed by atoms with Crippen LogP contribution < -0.4 is 5.73 Å². The Kier molecular flexibility index (Phi) is 9.11. The zero-order chi connectivity index (χ0) is 24.3. The number of carboxylic acids is 1. The normalized spacial score (nSPS) is 29.3. The quantitative estimate of drug-likeness (QED) is 0.353. The van der Waals surface area contributed by atoms with Gasteiger partial charge in [-0.2, -0.15) is 13.2 Å². The van der Waals surface area contributed by atoms with Gasteiger partial charge >= 0.3 is 12.1 Å². The van der Waals surface area contributed by atoms with Crippen molar-refractivity contribution in [3.63, 3.8) is 0 Å². The Morgan fingerprint density at radius 2 is 1.84 bits per heavy atom. The van der Waals surface area contributed by atoms with Gasteiger partial charge in [-0.3, -0.25) is 9.57 Å². The van der Waals surface area contributed by atoms with Gasteiger partial charge in [0.05, 0.1) is 0 Å². The van der Waals surface area contributed by atoms with Crippen molar-refractivity contribution < 1.29 is 32.4 Å². The van der Waals surface area contributed by atoms with Crippen LogP contribution in [0.1, 0.15) is 44.9 Å². The van der Waals surface area contributed by atoms with Gasteiger partial charge in [-0.15, -0.1) is 0 Å². The molecule has 1 fully saturated rings. The number of halogens is 5. The first-order valence-electron chi connectivity index (χ1n) is 10.4. The van der Waals surface area contributed by atoms with E-state index >= 15 is 0 Å². The van der Waals surface area contributed by atoms with Crippen molar-refractivity contribution >= 4 is 38.9 Å². The molecule has 0 radical (unpaired) electrons. The molecule has 1 saturated carbocycles. The van der Waals surface area contributed by atoms with E-state index in [2.05, 4.69) is 0 Å². The predicted molar refractivity (Wildman–Crippen MR) is 118 cm³/mol. The molecule has 0 amide bonds. The number of allylic oxidation sites excluding steroid dienone is 4. The number of carboxylic acid groups (broad SMARTS) is 1. The van der Waals surface area contributed by atoms with Gasteiger partial charge in [0.25, 0.3) is 0 Å². The number of nitrogens with one attached hydrogen (secondary N) is 1. The Balaban J connectivity index is 2.02. The number of rotatable bonds is 9. The Hall–Kier alpha value is -0.810. The van der Waals surface area contributed by atoms with Gasteiger partial charge in [0.15, 0.2) is 5.60 Å². The minimum absolute atomic E-state index is 0.00971. The topological polar surface area (TPSA) is 124 Å². The van der Waals surface area contributed by atoms with Crippen LogP contribution in [-0.2, 0) is 14.5 Å². The molecule has 0 heterocycles. The van der Waals surface area contributed by atoms with E-state index in [4.69, 9.17) is 38.8 Å². The molecular formula is C20H29Cl2F3N2O4S. The fourth-order valence-corrected chi connectivity index (χ4v) is 6.63. The van der Waals surface area contributed by atoms with Crippen molar-refractivity contribution in [2.24, 2.45) is 23.5 Å². The maximum absolute atomic E-state index is 13.9. The van der Waals surface area contributed by atoms with E-state index in [9.17, 15) is 27.3 Å². The first-order valence-corrected chi connectivity index (χ1v) is 13.1. The number of carbonyl (C=O) groups is 1. The van der Waals surface area contributed by atoms with Crippen LogP contribution >= 0.6 is 23.2 Å². The van der Waals surface area contributed by atoms with Crippen LogP contribution in [0.5, 0.6) is 0 Å². The second kappa shape index (κ2) is 10.6. The molecule has 3 unspecified atom stereocenters. The molecule has 5 N–H and O–H groups in total. The Bertz CT molecular complexity index is 855. The largest absolute Gasteiger partial charge is 0.480 e. The van der Waals surface area contributed by atoms with Gasteiger partial charge in [-0.25, -0.2) is 4.21 Å². The molecule has 0 aromatic rings. The van der Waals surface area contributed by atoms with Crippen molar-refractivity contribution in [2.75, 3.05) is 11.5 Å². The van der Waals surface area contributed by atoms with Crippen LogP contribution in [0.15, 0.2) is 22.2 Å². The summed E-state index contributed by atoms with van der Waals surface area (Å²) in [5, 5.41) is 20.6. The van der Waals surface area contributed by atoms with Gasteiger partial charge in [0, 0.05) is 37.2 Å². The molecule has 0 bridgehead atoms. The van der Waals surface area contributed by atoms with Gasteiger partial charge in [0.1, 0.15) is 6.04 Å². The lowest BCUT2D eigenvalue weighted by Gasteiger charge is -2.43. The number of alkyl halides is 3. The Morgan fingerprint density at radius 3 is 2.34 bits per heavy atom. The highest BCUT2D eigenvalue weighted by Crippen LogP contribution is 2.49. The lowest BCUT2D eigenvalue weighted by Crippen LogP contribution is -2.53. The molecule has 2 aliphatic carbocycles. The second-order valence-electron chi connectivity index (χ2n) is 8.70. The van der Waals surface area contributed by atoms with Crippen LogP contribution in [0, 0.1) is 22.5 Å². The van der Waals surface area contributed by atoms with Gasteiger partial charge in [-0.05, 0) is 62.9 Å². The van der Waals surface area contributed by atoms with Crippen LogP contribution in [0.25, 0.3) is 0 Å². The summed E-state index contributed by atoms with van der Waals surface area (Å²) in [6.45, 7) is 0.